The number of carbonyl (C=O) groups is 1. The first-order chi connectivity index (χ1) is 17.7. The minimum atomic E-state index is -0.425. The van der Waals surface area contributed by atoms with E-state index in [4.69, 9.17) is 26.4 Å². The molecule has 37 heavy (non-hydrogen) atoms. The molecule has 0 aliphatic rings. The Morgan fingerprint density at radius 1 is 0.919 bits per heavy atom. The van der Waals surface area contributed by atoms with E-state index in [0.717, 1.165) is 16.8 Å². The van der Waals surface area contributed by atoms with Crippen molar-refractivity contribution in [3.05, 3.63) is 65.2 Å². The number of methoxy groups -OCH3 is 3. The minimum absolute atomic E-state index is 0.137. The molecule has 0 fully saturated rings. The van der Waals surface area contributed by atoms with Crippen LogP contribution in [0.25, 0.3) is 16.7 Å². The summed E-state index contributed by atoms with van der Waals surface area (Å²) in [5.74, 6) is 1.16. The van der Waals surface area contributed by atoms with Crippen LogP contribution >= 0.6 is 12.2 Å². The molecule has 9 nitrogen and oxygen atoms in total. The van der Waals surface area contributed by atoms with Gasteiger partial charge >= 0.3 is 0 Å². The van der Waals surface area contributed by atoms with Gasteiger partial charge in [-0.3, -0.25) is 10.1 Å². The van der Waals surface area contributed by atoms with Crippen molar-refractivity contribution < 1.29 is 19.0 Å². The van der Waals surface area contributed by atoms with Gasteiger partial charge in [0.25, 0.3) is 5.91 Å². The van der Waals surface area contributed by atoms with Crippen LogP contribution in [0.4, 0.5) is 5.69 Å². The molecule has 0 aliphatic carbocycles. The van der Waals surface area contributed by atoms with Crippen LogP contribution in [-0.4, -0.2) is 47.3 Å². The van der Waals surface area contributed by atoms with Gasteiger partial charge in [0, 0.05) is 11.3 Å². The van der Waals surface area contributed by atoms with Crippen molar-refractivity contribution in [3.63, 3.8) is 0 Å². The van der Waals surface area contributed by atoms with Crippen LogP contribution in [0, 0.1) is 6.92 Å². The lowest BCUT2D eigenvalue weighted by Crippen LogP contribution is -2.34. The Morgan fingerprint density at radius 2 is 1.51 bits per heavy atom. The van der Waals surface area contributed by atoms with E-state index < -0.39 is 5.91 Å². The zero-order valence-electron chi connectivity index (χ0n) is 21.6. The highest BCUT2D eigenvalue weighted by Crippen LogP contribution is 2.38. The lowest BCUT2D eigenvalue weighted by Gasteiger charge is -2.15. The first-order valence-corrected chi connectivity index (χ1v) is 12.0. The number of aromatic nitrogens is 3. The summed E-state index contributed by atoms with van der Waals surface area (Å²) in [4.78, 5) is 14.5. The summed E-state index contributed by atoms with van der Waals surface area (Å²) in [6.45, 7) is 6.25. The molecular weight excluding hydrogens is 490 g/mol. The summed E-state index contributed by atoms with van der Waals surface area (Å²) >= 11 is 5.41. The molecule has 0 saturated carbocycles. The van der Waals surface area contributed by atoms with Crippen LogP contribution < -0.4 is 24.8 Å². The monoisotopic (exact) mass is 519 g/mol. The number of amides is 1. The van der Waals surface area contributed by atoms with E-state index >= 15 is 0 Å². The van der Waals surface area contributed by atoms with Crippen molar-refractivity contribution in [3.8, 4) is 22.9 Å². The maximum Gasteiger partial charge on any atom is 0.257 e. The molecule has 192 valence electrons. The van der Waals surface area contributed by atoms with Crippen molar-refractivity contribution >= 4 is 40.0 Å². The number of aryl methyl sites for hydroxylation is 1. The van der Waals surface area contributed by atoms with Crippen LogP contribution in [0.3, 0.4) is 0 Å². The van der Waals surface area contributed by atoms with Gasteiger partial charge in [-0.2, -0.15) is 4.80 Å². The SMILES string of the molecule is COc1cc(C(=O)NC(=S)Nc2cc3nn(-c4ccc(C(C)C)cc4)nc3cc2C)cc(OC)c1OC. The molecule has 0 aliphatic heterocycles. The lowest BCUT2D eigenvalue weighted by molar-refractivity contribution is 0.0977. The minimum Gasteiger partial charge on any atom is -0.493 e. The van der Waals surface area contributed by atoms with Crippen LogP contribution in [-0.2, 0) is 0 Å². The third kappa shape index (κ3) is 5.49. The highest BCUT2D eigenvalue weighted by atomic mass is 32.1. The second-order valence-electron chi connectivity index (χ2n) is 8.71. The Kier molecular flexibility index (Phi) is 7.58. The number of anilines is 1. The van der Waals surface area contributed by atoms with Gasteiger partial charge < -0.3 is 19.5 Å². The van der Waals surface area contributed by atoms with E-state index in [-0.39, 0.29) is 5.11 Å². The molecule has 4 rings (SSSR count). The Morgan fingerprint density at radius 3 is 2.05 bits per heavy atom. The number of nitrogens with zero attached hydrogens (tertiary/aromatic N) is 3. The van der Waals surface area contributed by atoms with Crippen molar-refractivity contribution in [2.45, 2.75) is 26.7 Å². The quantitative estimate of drug-likeness (QED) is 0.329. The maximum atomic E-state index is 12.9. The van der Waals surface area contributed by atoms with Crippen LogP contribution in [0.2, 0.25) is 0 Å². The predicted octanol–water partition coefficient (Wildman–Crippen LogP) is 5.00. The third-order valence-electron chi connectivity index (χ3n) is 5.92. The molecule has 0 unspecified atom stereocenters. The average Bonchev–Trinajstić information content (AvgIpc) is 3.30. The number of thiocarbonyl (C=S) groups is 1. The highest BCUT2D eigenvalue weighted by Gasteiger charge is 2.18. The van der Waals surface area contributed by atoms with Crippen molar-refractivity contribution in [2.75, 3.05) is 26.6 Å². The summed E-state index contributed by atoms with van der Waals surface area (Å²) in [6, 6.07) is 15.1. The van der Waals surface area contributed by atoms with Crippen molar-refractivity contribution in [1.29, 1.82) is 0 Å². The number of hydrogen-bond acceptors (Lipinski definition) is 7. The molecule has 0 saturated heterocycles. The van der Waals surface area contributed by atoms with Gasteiger partial charge in [0.05, 0.1) is 27.0 Å². The van der Waals surface area contributed by atoms with E-state index in [0.29, 0.717) is 39.9 Å². The fraction of sp³-hybridized carbons (Fsp3) is 0.259. The number of benzene rings is 3. The predicted molar refractivity (Wildman–Crippen MR) is 147 cm³/mol. The fourth-order valence-electron chi connectivity index (χ4n) is 3.85. The second kappa shape index (κ2) is 10.8. The Hall–Kier alpha value is -4.18. The molecule has 4 aromatic rings. The van der Waals surface area contributed by atoms with Gasteiger partial charge in [-0.05, 0) is 72.6 Å². The molecule has 10 heteroatoms. The van der Waals surface area contributed by atoms with Gasteiger partial charge in [0.15, 0.2) is 16.6 Å². The summed E-state index contributed by atoms with van der Waals surface area (Å²) in [5, 5.41) is 15.2. The molecule has 3 aromatic carbocycles. The second-order valence-corrected chi connectivity index (χ2v) is 9.12. The standard InChI is InChI=1S/C27H29N5O4S/c1-15(2)17-7-9-19(10-8-17)32-30-21-11-16(3)20(14-22(21)31-32)28-27(37)29-26(33)18-12-23(34-4)25(36-6)24(13-18)35-5/h7-15H,1-6H3,(H2,28,29,33,37). The number of carbonyl (C=O) groups excluding carboxylic acids is 1. The summed E-state index contributed by atoms with van der Waals surface area (Å²) in [6.07, 6.45) is 0. The van der Waals surface area contributed by atoms with Gasteiger partial charge in [-0.25, -0.2) is 0 Å². The van der Waals surface area contributed by atoms with E-state index in [1.807, 2.05) is 31.2 Å². The maximum absolute atomic E-state index is 12.9. The number of fused-ring (bicyclic) bond motifs is 1. The number of hydrogen-bond donors (Lipinski definition) is 2. The van der Waals surface area contributed by atoms with E-state index in [1.165, 1.54) is 26.9 Å². The topological polar surface area (TPSA) is 99.5 Å². The summed E-state index contributed by atoms with van der Waals surface area (Å²) in [7, 11) is 4.47. The van der Waals surface area contributed by atoms with Gasteiger partial charge in [0.1, 0.15) is 11.0 Å². The fourth-order valence-corrected chi connectivity index (χ4v) is 4.05. The molecular formula is C27H29N5O4S. The number of ether oxygens (including phenoxy) is 3. The van der Waals surface area contributed by atoms with Gasteiger partial charge in [-0.15, -0.1) is 10.2 Å². The van der Waals surface area contributed by atoms with Crippen LogP contribution in [0.15, 0.2) is 48.5 Å². The van der Waals surface area contributed by atoms with Crippen molar-refractivity contribution in [1.82, 2.24) is 20.3 Å². The van der Waals surface area contributed by atoms with Crippen LogP contribution in [0.1, 0.15) is 41.3 Å². The Balaban J connectivity index is 1.52. The van der Waals surface area contributed by atoms with E-state index in [2.05, 4.69) is 46.8 Å². The van der Waals surface area contributed by atoms with E-state index in [9.17, 15) is 4.79 Å². The molecule has 0 spiro atoms. The molecule has 1 aromatic heterocycles. The Labute approximate surface area is 220 Å². The zero-order valence-corrected chi connectivity index (χ0v) is 22.4. The zero-order chi connectivity index (χ0) is 26.7. The van der Waals surface area contributed by atoms with Gasteiger partial charge in [-0.1, -0.05) is 26.0 Å². The molecule has 0 bridgehead atoms. The highest BCUT2D eigenvalue weighted by molar-refractivity contribution is 7.80. The smallest absolute Gasteiger partial charge is 0.257 e. The van der Waals surface area contributed by atoms with Gasteiger partial charge in [0.2, 0.25) is 5.75 Å². The normalized spacial score (nSPS) is 10.9. The lowest BCUT2D eigenvalue weighted by atomic mass is 10.0. The number of nitrogens with one attached hydrogen (secondary N) is 2. The largest absolute Gasteiger partial charge is 0.493 e. The summed E-state index contributed by atoms with van der Waals surface area (Å²) < 4.78 is 16.0. The Bertz CT molecular complexity index is 1440. The first-order valence-electron chi connectivity index (χ1n) is 11.6. The third-order valence-corrected chi connectivity index (χ3v) is 6.12. The molecule has 2 N–H and O–H groups in total. The van der Waals surface area contributed by atoms with Crippen LogP contribution in [0.5, 0.6) is 17.2 Å². The summed E-state index contributed by atoms with van der Waals surface area (Å²) in [5.41, 5.74) is 5.50. The molecule has 0 radical (unpaired) electrons. The van der Waals surface area contributed by atoms with E-state index in [1.54, 1.807) is 16.9 Å². The average molecular weight is 520 g/mol. The number of rotatable bonds is 7. The molecule has 1 heterocycles. The van der Waals surface area contributed by atoms with Crippen molar-refractivity contribution in [2.24, 2.45) is 0 Å². The molecule has 1 amide bonds. The molecule has 0 atom stereocenters. The first kappa shape index (κ1) is 25.9.